The number of hydrogen-bond acceptors (Lipinski definition) is 4. The van der Waals surface area contributed by atoms with Crippen molar-refractivity contribution in [1.29, 1.82) is 0 Å². The summed E-state index contributed by atoms with van der Waals surface area (Å²) in [5.41, 5.74) is 1.31. The van der Waals surface area contributed by atoms with Crippen LogP contribution in [-0.4, -0.2) is 70.5 Å². The van der Waals surface area contributed by atoms with Crippen molar-refractivity contribution in [3.63, 3.8) is 0 Å². The van der Waals surface area contributed by atoms with Crippen LogP contribution >= 0.6 is 0 Å². The van der Waals surface area contributed by atoms with Crippen LogP contribution in [0.15, 0.2) is 35.3 Å². The highest BCUT2D eigenvalue weighted by Gasteiger charge is 2.22. The zero-order chi connectivity index (χ0) is 17.7. The molecular formula is C19H32N4O2. The summed E-state index contributed by atoms with van der Waals surface area (Å²) in [5, 5.41) is 6.71. The van der Waals surface area contributed by atoms with E-state index in [0.29, 0.717) is 0 Å². The Morgan fingerprint density at radius 3 is 2.68 bits per heavy atom. The van der Waals surface area contributed by atoms with E-state index in [-0.39, 0.29) is 6.04 Å². The van der Waals surface area contributed by atoms with Gasteiger partial charge < -0.3 is 20.1 Å². The summed E-state index contributed by atoms with van der Waals surface area (Å²) in [6.07, 6.45) is 0.965. The van der Waals surface area contributed by atoms with Crippen molar-refractivity contribution in [3.05, 3.63) is 35.9 Å². The quantitative estimate of drug-likeness (QED) is 0.404. The van der Waals surface area contributed by atoms with Crippen molar-refractivity contribution in [1.82, 2.24) is 15.5 Å². The highest BCUT2D eigenvalue weighted by Crippen LogP contribution is 2.22. The van der Waals surface area contributed by atoms with E-state index in [9.17, 15) is 0 Å². The fraction of sp³-hybridized carbons (Fsp3) is 0.632. The Morgan fingerprint density at radius 1 is 1.24 bits per heavy atom. The average Bonchev–Trinajstić information content (AvgIpc) is 2.67. The van der Waals surface area contributed by atoms with Crippen molar-refractivity contribution in [2.45, 2.75) is 19.4 Å². The van der Waals surface area contributed by atoms with Crippen LogP contribution in [0, 0.1) is 0 Å². The van der Waals surface area contributed by atoms with Crippen LogP contribution in [-0.2, 0) is 9.47 Å². The van der Waals surface area contributed by atoms with Crippen molar-refractivity contribution >= 4 is 5.96 Å². The highest BCUT2D eigenvalue weighted by atomic mass is 16.5. The number of rotatable bonds is 9. The third-order valence-corrected chi connectivity index (χ3v) is 4.26. The summed E-state index contributed by atoms with van der Waals surface area (Å²) in [6.45, 7) is 8.76. The molecule has 1 fully saturated rings. The summed E-state index contributed by atoms with van der Waals surface area (Å²) in [4.78, 5) is 7.30. The molecule has 1 aliphatic heterocycles. The standard InChI is InChI=1S/C19H32N4O2/c1-3-20-19(21-10-7-13-24-2)22-16-18(17-8-5-4-6-9-17)23-11-14-25-15-12-23/h4-6,8-9,18H,3,7,10-16H2,1-2H3,(H2,20,21,22). The first-order valence-electron chi connectivity index (χ1n) is 9.23. The minimum Gasteiger partial charge on any atom is -0.385 e. The second kappa shape index (κ2) is 11.8. The summed E-state index contributed by atoms with van der Waals surface area (Å²) < 4.78 is 10.6. The van der Waals surface area contributed by atoms with E-state index in [1.54, 1.807) is 7.11 Å². The highest BCUT2D eigenvalue weighted by molar-refractivity contribution is 5.79. The molecule has 1 heterocycles. The number of methoxy groups -OCH3 is 1. The van der Waals surface area contributed by atoms with E-state index in [0.717, 1.165) is 64.9 Å². The van der Waals surface area contributed by atoms with Gasteiger partial charge in [-0.1, -0.05) is 30.3 Å². The molecule has 1 aromatic rings. The van der Waals surface area contributed by atoms with Crippen LogP contribution in [0.2, 0.25) is 0 Å². The molecule has 0 radical (unpaired) electrons. The molecule has 1 aromatic carbocycles. The summed E-state index contributed by atoms with van der Waals surface area (Å²) in [5.74, 6) is 0.868. The Balaban J connectivity index is 2.02. The zero-order valence-electron chi connectivity index (χ0n) is 15.5. The summed E-state index contributed by atoms with van der Waals surface area (Å²) in [7, 11) is 1.73. The third kappa shape index (κ3) is 7.02. The predicted molar refractivity (Wildman–Crippen MR) is 102 cm³/mol. The van der Waals surface area contributed by atoms with Crippen molar-refractivity contribution < 1.29 is 9.47 Å². The number of ether oxygens (including phenoxy) is 2. The Hall–Kier alpha value is -1.63. The molecule has 1 aliphatic rings. The fourth-order valence-corrected chi connectivity index (χ4v) is 2.94. The first-order valence-corrected chi connectivity index (χ1v) is 9.23. The van der Waals surface area contributed by atoms with Crippen LogP contribution in [0.1, 0.15) is 24.9 Å². The molecule has 1 atom stereocenters. The topological polar surface area (TPSA) is 58.1 Å². The van der Waals surface area contributed by atoms with Crippen molar-refractivity contribution in [2.75, 3.05) is 59.7 Å². The lowest BCUT2D eigenvalue weighted by atomic mass is 10.1. The molecule has 6 heteroatoms. The Bertz CT molecular complexity index is 489. The van der Waals surface area contributed by atoms with E-state index in [4.69, 9.17) is 14.5 Å². The first-order chi connectivity index (χ1) is 12.3. The van der Waals surface area contributed by atoms with Gasteiger partial charge in [0.1, 0.15) is 0 Å². The van der Waals surface area contributed by atoms with Gasteiger partial charge in [-0.25, -0.2) is 0 Å². The number of guanidine groups is 1. The second-order valence-corrected chi connectivity index (χ2v) is 6.07. The van der Waals surface area contributed by atoms with Gasteiger partial charge in [0.15, 0.2) is 5.96 Å². The molecule has 140 valence electrons. The molecule has 0 aliphatic carbocycles. The summed E-state index contributed by atoms with van der Waals surface area (Å²) in [6, 6.07) is 10.9. The number of nitrogens with zero attached hydrogens (tertiary/aromatic N) is 2. The molecule has 0 saturated carbocycles. The third-order valence-electron chi connectivity index (χ3n) is 4.26. The lowest BCUT2D eigenvalue weighted by Crippen LogP contribution is -2.42. The minimum absolute atomic E-state index is 0.277. The van der Waals surface area contributed by atoms with Gasteiger partial charge in [-0.2, -0.15) is 0 Å². The van der Waals surface area contributed by atoms with E-state index in [2.05, 4.69) is 52.8 Å². The molecule has 0 aromatic heterocycles. The lowest BCUT2D eigenvalue weighted by Gasteiger charge is -2.34. The number of hydrogen-bond donors (Lipinski definition) is 2. The average molecular weight is 348 g/mol. The van der Waals surface area contributed by atoms with Crippen LogP contribution in [0.3, 0.4) is 0 Å². The second-order valence-electron chi connectivity index (χ2n) is 6.07. The monoisotopic (exact) mass is 348 g/mol. The minimum atomic E-state index is 0.277. The lowest BCUT2D eigenvalue weighted by molar-refractivity contribution is 0.0179. The van der Waals surface area contributed by atoms with Gasteiger partial charge in [0.2, 0.25) is 0 Å². The molecule has 0 spiro atoms. The molecule has 1 unspecified atom stereocenters. The van der Waals surface area contributed by atoms with Gasteiger partial charge in [-0.15, -0.1) is 0 Å². The van der Waals surface area contributed by atoms with Crippen LogP contribution in [0.4, 0.5) is 0 Å². The van der Waals surface area contributed by atoms with Crippen molar-refractivity contribution in [3.8, 4) is 0 Å². The molecular weight excluding hydrogens is 316 g/mol. The Kier molecular flexibility index (Phi) is 9.33. The number of benzene rings is 1. The van der Waals surface area contributed by atoms with Gasteiger partial charge >= 0.3 is 0 Å². The maximum atomic E-state index is 5.51. The molecule has 1 saturated heterocycles. The smallest absolute Gasteiger partial charge is 0.191 e. The van der Waals surface area contributed by atoms with E-state index in [1.165, 1.54) is 5.56 Å². The Morgan fingerprint density at radius 2 is 2.00 bits per heavy atom. The molecule has 2 N–H and O–H groups in total. The van der Waals surface area contributed by atoms with Gasteiger partial charge in [0.05, 0.1) is 25.8 Å². The van der Waals surface area contributed by atoms with Gasteiger partial charge in [-0.05, 0) is 18.9 Å². The van der Waals surface area contributed by atoms with Gasteiger partial charge in [-0.3, -0.25) is 9.89 Å². The van der Waals surface area contributed by atoms with Crippen LogP contribution < -0.4 is 10.6 Å². The fourth-order valence-electron chi connectivity index (χ4n) is 2.94. The molecule has 0 amide bonds. The number of morpholine rings is 1. The van der Waals surface area contributed by atoms with E-state index < -0.39 is 0 Å². The summed E-state index contributed by atoms with van der Waals surface area (Å²) >= 11 is 0. The van der Waals surface area contributed by atoms with E-state index >= 15 is 0 Å². The maximum absolute atomic E-state index is 5.51. The van der Waals surface area contributed by atoms with Crippen LogP contribution in [0.25, 0.3) is 0 Å². The maximum Gasteiger partial charge on any atom is 0.191 e. The van der Waals surface area contributed by atoms with E-state index in [1.807, 2.05) is 0 Å². The SMILES string of the molecule is CCNC(=NCC(c1ccccc1)N1CCOCC1)NCCCOC. The molecule has 2 rings (SSSR count). The van der Waals surface area contributed by atoms with Crippen molar-refractivity contribution in [2.24, 2.45) is 4.99 Å². The van der Waals surface area contributed by atoms with Crippen LogP contribution in [0.5, 0.6) is 0 Å². The first kappa shape index (κ1) is 19.7. The van der Waals surface area contributed by atoms with Gasteiger partial charge in [0.25, 0.3) is 0 Å². The van der Waals surface area contributed by atoms with Gasteiger partial charge in [0, 0.05) is 39.9 Å². The largest absolute Gasteiger partial charge is 0.385 e. The molecule has 6 nitrogen and oxygen atoms in total. The normalized spacial score (nSPS) is 17.3. The zero-order valence-corrected chi connectivity index (χ0v) is 15.5. The molecule has 0 bridgehead atoms. The Labute approximate surface area is 151 Å². The predicted octanol–water partition coefficient (Wildman–Crippen LogP) is 1.65. The number of nitrogens with one attached hydrogen (secondary N) is 2. The molecule has 25 heavy (non-hydrogen) atoms. The number of aliphatic imine (C=N–C) groups is 1.